The second-order valence-electron chi connectivity index (χ2n) is 8.29. The van der Waals surface area contributed by atoms with E-state index in [4.69, 9.17) is 13.9 Å². The van der Waals surface area contributed by atoms with Gasteiger partial charge in [-0.25, -0.2) is 0 Å². The lowest BCUT2D eigenvalue weighted by atomic mass is 10.1. The quantitative estimate of drug-likeness (QED) is 0.232. The van der Waals surface area contributed by atoms with E-state index in [1.807, 2.05) is 30.3 Å². The number of hydrogen-bond donors (Lipinski definition) is 0. The molecule has 1 aromatic carbocycles. The van der Waals surface area contributed by atoms with Crippen molar-refractivity contribution in [2.24, 2.45) is 0 Å². The van der Waals surface area contributed by atoms with Gasteiger partial charge in [-0.3, -0.25) is 4.79 Å². The van der Waals surface area contributed by atoms with Crippen LogP contribution in [-0.2, 0) is 18.0 Å². The Hall–Kier alpha value is -2.07. The van der Waals surface area contributed by atoms with Crippen LogP contribution >= 0.6 is 0 Å². The number of benzene rings is 1. The van der Waals surface area contributed by atoms with E-state index in [1.54, 1.807) is 0 Å². The fraction of sp³-hybridized carbons (Fsp3) is 0.593. The first-order valence-corrected chi connectivity index (χ1v) is 12.2. The predicted molar refractivity (Wildman–Crippen MR) is 126 cm³/mol. The highest BCUT2D eigenvalue weighted by atomic mass is 16.5. The van der Waals surface area contributed by atoms with Crippen molar-refractivity contribution in [2.75, 3.05) is 6.61 Å². The summed E-state index contributed by atoms with van der Waals surface area (Å²) in [4.78, 5) is 12.2. The van der Waals surface area contributed by atoms with E-state index in [1.165, 1.54) is 83.0 Å². The van der Waals surface area contributed by atoms with Crippen LogP contribution in [-0.4, -0.2) is 6.61 Å². The summed E-state index contributed by atoms with van der Waals surface area (Å²) in [5.41, 5.74) is 0.836. The van der Waals surface area contributed by atoms with Gasteiger partial charge in [-0.15, -0.1) is 0 Å². The van der Waals surface area contributed by atoms with Gasteiger partial charge in [0.15, 0.2) is 0 Å². The van der Waals surface area contributed by atoms with Crippen LogP contribution in [0.5, 0.6) is 5.75 Å². The van der Waals surface area contributed by atoms with E-state index in [-0.39, 0.29) is 11.2 Å². The van der Waals surface area contributed by atoms with E-state index < -0.39 is 0 Å². The third kappa shape index (κ3) is 11.8. The van der Waals surface area contributed by atoms with E-state index >= 15 is 0 Å². The van der Waals surface area contributed by atoms with Gasteiger partial charge < -0.3 is 13.9 Å². The molecule has 0 N–H and O–H groups in total. The van der Waals surface area contributed by atoms with E-state index in [9.17, 15) is 4.79 Å². The molecule has 0 radical (unpaired) electrons. The summed E-state index contributed by atoms with van der Waals surface area (Å²) in [7, 11) is 0. The monoisotopic (exact) mass is 428 g/mol. The lowest BCUT2D eigenvalue weighted by molar-refractivity contribution is 0.100. The largest absolute Gasteiger partial charge is 0.482 e. The van der Waals surface area contributed by atoms with Crippen molar-refractivity contribution in [1.29, 1.82) is 0 Å². The van der Waals surface area contributed by atoms with Gasteiger partial charge in [-0.05, 0) is 12.0 Å². The fourth-order valence-electron chi connectivity index (χ4n) is 3.57. The summed E-state index contributed by atoms with van der Waals surface area (Å²) >= 11 is 0. The first-order valence-electron chi connectivity index (χ1n) is 12.2. The summed E-state index contributed by atoms with van der Waals surface area (Å²) in [6.07, 6.45) is 17.3. The maximum Gasteiger partial charge on any atom is 0.227 e. The van der Waals surface area contributed by atoms with Gasteiger partial charge in [0.25, 0.3) is 0 Å². The zero-order valence-corrected chi connectivity index (χ0v) is 19.3. The zero-order chi connectivity index (χ0) is 22.0. The van der Waals surface area contributed by atoms with Crippen molar-refractivity contribution in [2.45, 2.75) is 97.2 Å². The number of unbranched alkanes of at least 4 members (excludes halogenated alkanes) is 11. The zero-order valence-electron chi connectivity index (χ0n) is 19.3. The molecule has 0 aliphatic carbocycles. The Balaban J connectivity index is 1.46. The average Bonchev–Trinajstić information content (AvgIpc) is 2.79. The van der Waals surface area contributed by atoms with Crippen LogP contribution in [0.25, 0.3) is 0 Å². The van der Waals surface area contributed by atoms with Crippen LogP contribution in [0, 0.1) is 0 Å². The minimum atomic E-state index is -0.175. The molecule has 172 valence electrons. The Bertz CT molecular complexity index is 738. The second-order valence-corrected chi connectivity index (χ2v) is 8.29. The molecule has 2 aromatic rings. The first kappa shape index (κ1) is 25.2. The van der Waals surface area contributed by atoms with E-state index in [0.717, 1.165) is 12.0 Å². The Morgan fingerprint density at radius 3 is 2.00 bits per heavy atom. The molecule has 0 amide bonds. The summed E-state index contributed by atoms with van der Waals surface area (Å²) in [6, 6.07) is 11.2. The summed E-state index contributed by atoms with van der Waals surface area (Å²) in [6.45, 7) is 3.64. The molecule has 1 heterocycles. The molecular weight excluding hydrogens is 388 g/mol. The van der Waals surface area contributed by atoms with Crippen LogP contribution < -0.4 is 10.2 Å². The van der Waals surface area contributed by atoms with Gasteiger partial charge in [0.1, 0.15) is 25.2 Å². The van der Waals surface area contributed by atoms with Crippen molar-refractivity contribution >= 4 is 0 Å². The van der Waals surface area contributed by atoms with Crippen molar-refractivity contribution < 1.29 is 13.9 Å². The minimum Gasteiger partial charge on any atom is -0.482 e. The van der Waals surface area contributed by atoms with E-state index in [0.29, 0.717) is 25.6 Å². The molecule has 0 aliphatic rings. The molecule has 4 heteroatoms. The SMILES string of the molecule is CCCCCCCCCCCCCCOCc1cc(=O)c(OCc2ccccc2)co1. The van der Waals surface area contributed by atoms with Crippen molar-refractivity contribution in [3.05, 3.63) is 64.2 Å². The fourth-order valence-corrected chi connectivity index (χ4v) is 3.57. The maximum absolute atomic E-state index is 12.2. The molecule has 2 rings (SSSR count). The molecule has 0 spiro atoms. The van der Waals surface area contributed by atoms with Crippen LogP contribution in [0.2, 0.25) is 0 Å². The van der Waals surface area contributed by atoms with Crippen molar-refractivity contribution in [3.8, 4) is 5.75 Å². The summed E-state index contributed by atoms with van der Waals surface area (Å²) in [5.74, 6) is 0.768. The molecular formula is C27H40O4. The molecule has 0 aliphatic heterocycles. The van der Waals surface area contributed by atoms with Gasteiger partial charge in [-0.2, -0.15) is 0 Å². The average molecular weight is 429 g/mol. The molecule has 0 unspecified atom stereocenters. The highest BCUT2D eigenvalue weighted by Gasteiger charge is 2.05. The smallest absolute Gasteiger partial charge is 0.227 e. The summed E-state index contributed by atoms with van der Waals surface area (Å²) < 4.78 is 16.7. The molecule has 0 fully saturated rings. The Morgan fingerprint density at radius 2 is 1.39 bits per heavy atom. The molecule has 0 saturated heterocycles. The maximum atomic E-state index is 12.2. The first-order chi connectivity index (χ1) is 15.3. The van der Waals surface area contributed by atoms with Crippen molar-refractivity contribution in [3.63, 3.8) is 0 Å². The van der Waals surface area contributed by atoms with Gasteiger partial charge in [0.05, 0.1) is 0 Å². The molecule has 31 heavy (non-hydrogen) atoms. The molecule has 0 saturated carbocycles. The van der Waals surface area contributed by atoms with Crippen LogP contribution in [0.3, 0.4) is 0 Å². The number of rotatable bonds is 18. The number of ether oxygens (including phenoxy) is 2. The Labute approximate surface area is 188 Å². The standard InChI is InChI=1S/C27H40O4/c1-2-3-4-5-6-7-8-9-10-11-12-16-19-29-22-25-20-26(28)27(23-30-25)31-21-24-17-14-13-15-18-24/h13-15,17-18,20,23H,2-12,16,19,21-22H2,1H3. The normalized spacial score (nSPS) is 11.0. The van der Waals surface area contributed by atoms with E-state index in [2.05, 4.69) is 6.92 Å². The van der Waals surface area contributed by atoms with Crippen LogP contribution in [0.15, 0.2) is 51.9 Å². The molecule has 1 aromatic heterocycles. The second kappa shape index (κ2) is 16.6. The summed E-state index contributed by atoms with van der Waals surface area (Å²) in [5, 5.41) is 0. The lowest BCUT2D eigenvalue weighted by Gasteiger charge is -2.07. The predicted octanol–water partition coefficient (Wildman–Crippen LogP) is 7.44. The van der Waals surface area contributed by atoms with Gasteiger partial charge in [0, 0.05) is 12.7 Å². The Morgan fingerprint density at radius 1 is 0.774 bits per heavy atom. The van der Waals surface area contributed by atoms with Crippen molar-refractivity contribution in [1.82, 2.24) is 0 Å². The molecule has 0 atom stereocenters. The topological polar surface area (TPSA) is 48.7 Å². The van der Waals surface area contributed by atoms with Crippen LogP contribution in [0.4, 0.5) is 0 Å². The Kier molecular flexibility index (Phi) is 13.5. The van der Waals surface area contributed by atoms with Crippen LogP contribution in [0.1, 0.15) is 95.3 Å². The third-order valence-electron chi connectivity index (χ3n) is 5.48. The van der Waals surface area contributed by atoms with Gasteiger partial charge in [-0.1, -0.05) is 108 Å². The molecule has 0 bridgehead atoms. The van der Waals surface area contributed by atoms with Gasteiger partial charge in [0.2, 0.25) is 11.2 Å². The van der Waals surface area contributed by atoms with Gasteiger partial charge >= 0.3 is 0 Å². The minimum absolute atomic E-state index is 0.175. The highest BCUT2D eigenvalue weighted by molar-refractivity contribution is 5.19. The number of hydrogen-bond acceptors (Lipinski definition) is 4. The third-order valence-corrected chi connectivity index (χ3v) is 5.48. The molecule has 4 nitrogen and oxygen atoms in total. The lowest BCUT2D eigenvalue weighted by Crippen LogP contribution is -2.08. The highest BCUT2D eigenvalue weighted by Crippen LogP contribution is 2.13.